The van der Waals surface area contributed by atoms with Gasteiger partial charge in [0, 0.05) is 33.0 Å². The van der Waals surface area contributed by atoms with Gasteiger partial charge in [0.05, 0.1) is 5.52 Å². The van der Waals surface area contributed by atoms with E-state index in [0.29, 0.717) is 37.2 Å². The number of hydrogen-bond donors (Lipinski definition) is 0. The molecule has 0 unspecified atom stereocenters. The van der Waals surface area contributed by atoms with Crippen molar-refractivity contribution in [2.24, 2.45) is 7.05 Å². The average molecular weight is 462 g/mol. The van der Waals surface area contributed by atoms with E-state index >= 15 is 0 Å². The van der Waals surface area contributed by atoms with Crippen LogP contribution in [0.2, 0.25) is 0 Å². The number of piperidine rings is 1. The highest BCUT2D eigenvalue weighted by molar-refractivity contribution is 5.90. The van der Waals surface area contributed by atoms with Crippen molar-refractivity contribution in [3.8, 4) is 11.5 Å². The molecule has 1 aliphatic rings. The zero-order valence-electron chi connectivity index (χ0n) is 17.4. The van der Waals surface area contributed by atoms with Gasteiger partial charge in [-0.05, 0) is 36.4 Å². The fourth-order valence-electron chi connectivity index (χ4n) is 3.81. The summed E-state index contributed by atoms with van der Waals surface area (Å²) in [6.07, 6.45) is -4.04. The van der Waals surface area contributed by atoms with Gasteiger partial charge in [-0.1, -0.05) is 6.57 Å². The molecule has 172 valence electrons. The molecule has 11 heteroatoms. The molecule has 3 heterocycles. The summed E-state index contributed by atoms with van der Waals surface area (Å²) in [6.45, 7) is 7.91. The lowest BCUT2D eigenvalue weighted by atomic mass is 10.1. The van der Waals surface area contributed by atoms with Crippen LogP contribution in [0, 0.1) is 12.4 Å². The molecule has 0 bridgehead atoms. The van der Waals surface area contributed by atoms with Gasteiger partial charge in [0.1, 0.15) is 23.3 Å². The Balaban J connectivity index is 1.50. The molecule has 0 aliphatic carbocycles. The lowest BCUT2D eigenvalue weighted by Gasteiger charge is -2.33. The lowest BCUT2D eigenvalue weighted by Crippen LogP contribution is -2.40. The molecule has 0 N–H and O–H groups in total. The highest BCUT2D eigenvalue weighted by Gasteiger charge is 2.31. The number of aryl methyl sites for hydroxylation is 1. The molecule has 3 aromatic rings. The molecule has 1 aliphatic heterocycles. The molecule has 0 atom stereocenters. The van der Waals surface area contributed by atoms with Crippen LogP contribution in [-0.2, 0) is 7.05 Å². The summed E-state index contributed by atoms with van der Waals surface area (Å²) in [6, 6.07) is 8.15. The number of nitrogens with zero attached hydrogens (tertiary/aromatic N) is 4. The Bertz CT molecular complexity index is 1270. The van der Waals surface area contributed by atoms with Crippen LogP contribution >= 0.6 is 0 Å². The van der Waals surface area contributed by atoms with Gasteiger partial charge in [-0.15, -0.1) is 18.2 Å². The minimum atomic E-state index is -4.77. The van der Waals surface area contributed by atoms with Gasteiger partial charge in [0.2, 0.25) is 11.3 Å². The molecule has 0 amide bonds. The third-order valence-electron chi connectivity index (χ3n) is 5.38. The van der Waals surface area contributed by atoms with Crippen molar-refractivity contribution in [1.82, 2.24) is 9.55 Å². The number of alkyl halides is 3. The average Bonchev–Trinajstić information content (AvgIpc) is 2.79. The van der Waals surface area contributed by atoms with Crippen molar-refractivity contribution in [3.05, 3.63) is 64.0 Å². The monoisotopic (exact) mass is 462 g/mol. The second-order valence-electron chi connectivity index (χ2n) is 7.50. The summed E-state index contributed by atoms with van der Waals surface area (Å²) in [5.41, 5.74) is -0.0637. The van der Waals surface area contributed by atoms with E-state index in [1.807, 2.05) is 0 Å². The van der Waals surface area contributed by atoms with Gasteiger partial charge in [-0.25, -0.2) is 0 Å². The van der Waals surface area contributed by atoms with Gasteiger partial charge in [0.25, 0.3) is 11.4 Å². The molecule has 2 aromatic heterocycles. The van der Waals surface area contributed by atoms with E-state index in [4.69, 9.17) is 11.3 Å². The fourth-order valence-corrected chi connectivity index (χ4v) is 3.81. The highest BCUT2D eigenvalue weighted by atomic mass is 19.4. The number of pyridine rings is 2. The molecule has 1 fully saturated rings. The van der Waals surface area contributed by atoms with Crippen LogP contribution in [0.4, 0.5) is 29.1 Å². The van der Waals surface area contributed by atoms with Crippen LogP contribution in [0.25, 0.3) is 15.9 Å². The second-order valence-corrected chi connectivity index (χ2v) is 7.50. The summed E-state index contributed by atoms with van der Waals surface area (Å²) < 4.78 is 62.7. The molecule has 0 spiro atoms. The summed E-state index contributed by atoms with van der Waals surface area (Å²) in [5.74, 6) is -0.794. The third kappa shape index (κ3) is 4.69. The molecular weight excluding hydrogens is 444 g/mol. The largest absolute Gasteiger partial charge is 0.573 e. The molecule has 4 rings (SSSR count). The Kier molecular flexibility index (Phi) is 5.84. The van der Waals surface area contributed by atoms with Crippen molar-refractivity contribution in [1.29, 1.82) is 0 Å². The Morgan fingerprint density at radius 1 is 1.09 bits per heavy atom. The maximum atomic E-state index is 15.0. The maximum Gasteiger partial charge on any atom is 0.573 e. The number of rotatable bonds is 4. The van der Waals surface area contributed by atoms with Crippen LogP contribution in [0.1, 0.15) is 12.8 Å². The van der Waals surface area contributed by atoms with E-state index in [1.54, 1.807) is 11.0 Å². The van der Waals surface area contributed by atoms with Gasteiger partial charge in [-0.2, -0.15) is 4.39 Å². The predicted octanol–water partition coefficient (Wildman–Crippen LogP) is 4.57. The van der Waals surface area contributed by atoms with Gasteiger partial charge < -0.3 is 23.8 Å². The fraction of sp³-hybridized carbons (Fsp3) is 0.318. The standard InChI is InChI=1S/C22H18F4N4O3/c1-27-17-8-7-16-19(28-17)20(18(23)21(31)29(16)2)30-11-9-14(10-12-30)32-13-3-5-15(6-4-13)33-22(24,25)26/h3-8,14H,9-12H2,2H3. The topological polar surface area (TPSA) is 61.0 Å². The van der Waals surface area contributed by atoms with E-state index in [9.17, 15) is 22.4 Å². The van der Waals surface area contributed by atoms with E-state index < -0.39 is 17.7 Å². The van der Waals surface area contributed by atoms with Crippen LogP contribution in [-0.4, -0.2) is 35.1 Å². The zero-order chi connectivity index (χ0) is 23.8. The van der Waals surface area contributed by atoms with Crippen molar-refractivity contribution in [3.63, 3.8) is 0 Å². The van der Waals surface area contributed by atoms with Crippen LogP contribution < -0.4 is 19.9 Å². The quantitative estimate of drug-likeness (QED) is 0.420. The van der Waals surface area contributed by atoms with Crippen molar-refractivity contribution in [2.75, 3.05) is 18.0 Å². The minimum Gasteiger partial charge on any atom is -0.490 e. The smallest absolute Gasteiger partial charge is 0.490 e. The molecule has 1 aromatic carbocycles. The Morgan fingerprint density at radius 2 is 1.73 bits per heavy atom. The first kappa shape index (κ1) is 22.4. The van der Waals surface area contributed by atoms with Crippen molar-refractivity contribution in [2.45, 2.75) is 25.3 Å². The SMILES string of the molecule is [C-]#[N+]c1ccc2c(n1)c(N1CCC(Oc3ccc(OC(F)(F)F)cc3)CC1)c(F)c(=O)n2C. The maximum absolute atomic E-state index is 15.0. The van der Waals surface area contributed by atoms with E-state index in [-0.39, 0.29) is 28.9 Å². The Labute approximate surface area is 185 Å². The second kappa shape index (κ2) is 8.61. The number of fused-ring (bicyclic) bond motifs is 1. The summed E-state index contributed by atoms with van der Waals surface area (Å²) in [5, 5.41) is 0. The summed E-state index contributed by atoms with van der Waals surface area (Å²) >= 11 is 0. The van der Waals surface area contributed by atoms with Crippen molar-refractivity contribution >= 4 is 22.5 Å². The first-order valence-electron chi connectivity index (χ1n) is 10.0. The molecular formula is C22H18F4N4O3. The number of halogens is 4. The predicted molar refractivity (Wildman–Crippen MR) is 112 cm³/mol. The first-order valence-corrected chi connectivity index (χ1v) is 10.0. The number of hydrogen-bond acceptors (Lipinski definition) is 5. The Morgan fingerprint density at radius 3 is 2.33 bits per heavy atom. The minimum absolute atomic E-state index is 0.0608. The molecule has 33 heavy (non-hydrogen) atoms. The first-order chi connectivity index (χ1) is 15.7. The van der Waals surface area contributed by atoms with Crippen LogP contribution in [0.5, 0.6) is 11.5 Å². The zero-order valence-corrected chi connectivity index (χ0v) is 17.4. The number of ether oxygens (including phenoxy) is 2. The third-order valence-corrected chi connectivity index (χ3v) is 5.38. The van der Waals surface area contributed by atoms with Crippen LogP contribution in [0.3, 0.4) is 0 Å². The summed E-state index contributed by atoms with van der Waals surface area (Å²) in [7, 11) is 1.45. The number of benzene rings is 1. The lowest BCUT2D eigenvalue weighted by molar-refractivity contribution is -0.274. The number of aromatic nitrogens is 2. The van der Waals surface area contributed by atoms with E-state index in [0.717, 1.165) is 4.57 Å². The number of anilines is 1. The summed E-state index contributed by atoms with van der Waals surface area (Å²) in [4.78, 5) is 21.6. The molecule has 0 saturated carbocycles. The van der Waals surface area contributed by atoms with E-state index in [1.165, 1.54) is 37.4 Å². The normalized spacial score (nSPS) is 14.8. The van der Waals surface area contributed by atoms with Crippen molar-refractivity contribution < 1.29 is 27.0 Å². The van der Waals surface area contributed by atoms with Gasteiger partial charge >= 0.3 is 6.36 Å². The Hall–Kier alpha value is -3.81. The molecule has 1 saturated heterocycles. The van der Waals surface area contributed by atoms with Crippen LogP contribution in [0.15, 0.2) is 41.2 Å². The molecule has 7 nitrogen and oxygen atoms in total. The van der Waals surface area contributed by atoms with E-state index in [2.05, 4.69) is 14.6 Å². The van der Waals surface area contributed by atoms with Gasteiger partial charge in [-0.3, -0.25) is 4.79 Å². The highest BCUT2D eigenvalue weighted by Crippen LogP contribution is 2.31. The molecule has 0 radical (unpaired) electrons. The van der Waals surface area contributed by atoms with Gasteiger partial charge in [0.15, 0.2) is 0 Å².